The summed E-state index contributed by atoms with van der Waals surface area (Å²) in [7, 11) is 0. The van der Waals surface area contributed by atoms with Crippen molar-refractivity contribution in [2.24, 2.45) is 5.92 Å². The fourth-order valence-corrected chi connectivity index (χ4v) is 2.37. The average Bonchev–Trinajstić information content (AvgIpc) is 2.45. The Morgan fingerprint density at radius 1 is 1.38 bits per heavy atom. The SMILES string of the molecule is CC1CCCC2(CCC(=O)O2)C1=O. The van der Waals surface area contributed by atoms with Crippen molar-refractivity contribution in [1.82, 2.24) is 0 Å². The molecule has 2 aliphatic rings. The first-order chi connectivity index (χ1) is 6.14. The summed E-state index contributed by atoms with van der Waals surface area (Å²) in [6.07, 6.45) is 3.70. The second-order valence-corrected chi connectivity index (χ2v) is 4.13. The van der Waals surface area contributed by atoms with E-state index in [1.807, 2.05) is 6.92 Å². The van der Waals surface area contributed by atoms with Gasteiger partial charge < -0.3 is 4.74 Å². The van der Waals surface area contributed by atoms with E-state index in [4.69, 9.17) is 4.74 Å². The van der Waals surface area contributed by atoms with Crippen LogP contribution in [0.4, 0.5) is 0 Å². The largest absolute Gasteiger partial charge is 0.451 e. The van der Waals surface area contributed by atoms with Gasteiger partial charge in [-0.1, -0.05) is 6.92 Å². The first kappa shape index (κ1) is 8.73. The molecular weight excluding hydrogens is 168 g/mol. The summed E-state index contributed by atoms with van der Waals surface area (Å²) in [5.74, 6) is 0.00620. The van der Waals surface area contributed by atoms with Gasteiger partial charge in [0.25, 0.3) is 0 Å². The number of hydrogen-bond acceptors (Lipinski definition) is 3. The van der Waals surface area contributed by atoms with E-state index < -0.39 is 5.60 Å². The van der Waals surface area contributed by atoms with Gasteiger partial charge in [0, 0.05) is 18.8 Å². The molecule has 13 heavy (non-hydrogen) atoms. The van der Waals surface area contributed by atoms with Gasteiger partial charge in [-0.25, -0.2) is 0 Å². The minimum absolute atomic E-state index is 0.0691. The minimum atomic E-state index is -0.714. The molecule has 2 fully saturated rings. The van der Waals surface area contributed by atoms with Gasteiger partial charge in [-0.15, -0.1) is 0 Å². The lowest BCUT2D eigenvalue weighted by atomic mass is 9.76. The Balaban J connectivity index is 2.21. The third-order valence-electron chi connectivity index (χ3n) is 3.16. The fourth-order valence-electron chi connectivity index (χ4n) is 2.37. The Bertz CT molecular complexity index is 259. The molecule has 3 nitrogen and oxygen atoms in total. The number of ketones is 1. The van der Waals surface area contributed by atoms with Crippen molar-refractivity contribution in [2.75, 3.05) is 0 Å². The summed E-state index contributed by atoms with van der Waals surface area (Å²) in [6, 6.07) is 0. The Kier molecular flexibility index (Phi) is 1.90. The number of carbonyl (C=O) groups is 2. The highest BCUT2D eigenvalue weighted by molar-refractivity contribution is 5.94. The van der Waals surface area contributed by atoms with Crippen molar-refractivity contribution in [2.45, 2.75) is 44.6 Å². The van der Waals surface area contributed by atoms with E-state index >= 15 is 0 Å². The van der Waals surface area contributed by atoms with E-state index in [1.54, 1.807) is 0 Å². The number of Topliss-reactive ketones (excluding diaryl/α,β-unsaturated/α-hetero) is 1. The van der Waals surface area contributed by atoms with Gasteiger partial charge in [-0.05, 0) is 19.3 Å². The number of hydrogen-bond donors (Lipinski definition) is 0. The fraction of sp³-hybridized carbons (Fsp3) is 0.800. The van der Waals surface area contributed by atoms with Crippen LogP contribution in [0.15, 0.2) is 0 Å². The van der Waals surface area contributed by atoms with Gasteiger partial charge in [0.1, 0.15) is 0 Å². The third kappa shape index (κ3) is 1.26. The van der Waals surface area contributed by atoms with Crippen LogP contribution in [0.1, 0.15) is 39.0 Å². The van der Waals surface area contributed by atoms with Gasteiger partial charge in [0.05, 0.1) is 0 Å². The van der Waals surface area contributed by atoms with Crippen molar-refractivity contribution in [3.63, 3.8) is 0 Å². The molecule has 2 unspecified atom stereocenters. The quantitative estimate of drug-likeness (QED) is 0.532. The van der Waals surface area contributed by atoms with Crippen molar-refractivity contribution in [1.29, 1.82) is 0 Å². The third-order valence-corrected chi connectivity index (χ3v) is 3.16. The van der Waals surface area contributed by atoms with E-state index in [2.05, 4.69) is 0 Å². The standard InChI is InChI=1S/C10H14O3/c1-7-3-2-5-10(9(7)12)6-4-8(11)13-10/h7H,2-6H2,1H3. The normalized spacial score (nSPS) is 39.6. The minimum Gasteiger partial charge on any atom is -0.451 e. The Morgan fingerprint density at radius 3 is 2.77 bits per heavy atom. The van der Waals surface area contributed by atoms with Crippen molar-refractivity contribution < 1.29 is 14.3 Å². The molecule has 0 radical (unpaired) electrons. The number of carbonyl (C=O) groups excluding carboxylic acids is 2. The van der Waals surface area contributed by atoms with Crippen LogP contribution < -0.4 is 0 Å². The van der Waals surface area contributed by atoms with Gasteiger partial charge in [-0.2, -0.15) is 0 Å². The molecule has 1 saturated carbocycles. The smallest absolute Gasteiger partial charge is 0.306 e. The first-order valence-corrected chi connectivity index (χ1v) is 4.90. The van der Waals surface area contributed by atoms with Gasteiger partial charge in [0.2, 0.25) is 0 Å². The Hall–Kier alpha value is -0.860. The summed E-state index contributed by atoms with van der Waals surface area (Å²) >= 11 is 0. The van der Waals surface area contributed by atoms with Gasteiger partial charge in [0.15, 0.2) is 11.4 Å². The first-order valence-electron chi connectivity index (χ1n) is 4.90. The van der Waals surface area contributed by atoms with Crippen LogP contribution in [-0.2, 0) is 14.3 Å². The molecule has 1 aliphatic carbocycles. The molecule has 72 valence electrons. The lowest BCUT2D eigenvalue weighted by Crippen LogP contribution is -2.44. The predicted octanol–water partition coefficient (Wildman–Crippen LogP) is 1.45. The van der Waals surface area contributed by atoms with Crippen LogP contribution >= 0.6 is 0 Å². The second-order valence-electron chi connectivity index (χ2n) is 4.13. The van der Waals surface area contributed by atoms with Crippen LogP contribution in [0.5, 0.6) is 0 Å². The molecule has 0 aromatic heterocycles. The molecule has 0 bridgehead atoms. The lowest BCUT2D eigenvalue weighted by molar-refractivity contribution is -0.162. The maximum atomic E-state index is 11.8. The molecule has 0 aromatic carbocycles. The molecule has 0 amide bonds. The lowest BCUT2D eigenvalue weighted by Gasteiger charge is -2.33. The van der Waals surface area contributed by atoms with Crippen LogP contribution in [0.3, 0.4) is 0 Å². The molecular formula is C10H14O3. The van der Waals surface area contributed by atoms with E-state index in [0.29, 0.717) is 12.8 Å². The predicted molar refractivity (Wildman–Crippen MR) is 46.1 cm³/mol. The van der Waals surface area contributed by atoms with Crippen LogP contribution in [0.25, 0.3) is 0 Å². The van der Waals surface area contributed by atoms with Gasteiger partial charge in [-0.3, -0.25) is 9.59 Å². The maximum absolute atomic E-state index is 11.8. The molecule has 2 atom stereocenters. The van der Waals surface area contributed by atoms with E-state index in [1.165, 1.54) is 0 Å². The highest BCUT2D eigenvalue weighted by Gasteiger charge is 2.49. The number of rotatable bonds is 0. The monoisotopic (exact) mass is 182 g/mol. The number of esters is 1. The van der Waals surface area contributed by atoms with E-state index in [-0.39, 0.29) is 17.7 Å². The summed E-state index contributed by atoms with van der Waals surface area (Å²) in [4.78, 5) is 22.8. The Labute approximate surface area is 77.4 Å². The van der Waals surface area contributed by atoms with Crippen molar-refractivity contribution in [3.8, 4) is 0 Å². The zero-order valence-electron chi connectivity index (χ0n) is 7.84. The highest BCUT2D eigenvalue weighted by atomic mass is 16.6. The number of ether oxygens (including phenoxy) is 1. The summed E-state index contributed by atoms with van der Waals surface area (Å²) in [5.41, 5.74) is -0.714. The summed E-state index contributed by atoms with van der Waals surface area (Å²) in [5, 5.41) is 0. The highest BCUT2D eigenvalue weighted by Crippen LogP contribution is 2.39. The van der Waals surface area contributed by atoms with Crippen LogP contribution in [-0.4, -0.2) is 17.4 Å². The molecule has 0 aromatic rings. The molecule has 1 aliphatic heterocycles. The zero-order chi connectivity index (χ0) is 9.47. The van der Waals surface area contributed by atoms with Gasteiger partial charge >= 0.3 is 5.97 Å². The van der Waals surface area contributed by atoms with Crippen LogP contribution in [0.2, 0.25) is 0 Å². The summed E-state index contributed by atoms with van der Waals surface area (Å²) < 4.78 is 5.18. The summed E-state index contributed by atoms with van der Waals surface area (Å²) in [6.45, 7) is 1.93. The molecule has 2 rings (SSSR count). The maximum Gasteiger partial charge on any atom is 0.306 e. The van der Waals surface area contributed by atoms with Crippen LogP contribution in [0, 0.1) is 5.92 Å². The van der Waals surface area contributed by atoms with Crippen molar-refractivity contribution in [3.05, 3.63) is 0 Å². The molecule has 1 spiro atoms. The van der Waals surface area contributed by atoms with E-state index in [9.17, 15) is 9.59 Å². The molecule has 1 saturated heterocycles. The van der Waals surface area contributed by atoms with Crippen molar-refractivity contribution >= 4 is 11.8 Å². The molecule has 1 heterocycles. The Morgan fingerprint density at radius 2 is 2.15 bits per heavy atom. The molecule has 3 heteroatoms. The van der Waals surface area contributed by atoms with E-state index in [0.717, 1.165) is 19.3 Å². The molecule has 0 N–H and O–H groups in total. The average molecular weight is 182 g/mol. The topological polar surface area (TPSA) is 43.4 Å². The second kappa shape index (κ2) is 2.82. The zero-order valence-corrected chi connectivity index (χ0v) is 7.84.